The minimum absolute atomic E-state index is 0.0663. The molecule has 2 aromatic rings. The molecule has 1 aliphatic carbocycles. The van der Waals surface area contributed by atoms with E-state index in [4.69, 9.17) is 16.3 Å². The third-order valence-electron chi connectivity index (χ3n) is 5.59. The lowest BCUT2D eigenvalue weighted by atomic mass is 9.79. The van der Waals surface area contributed by atoms with Crippen molar-refractivity contribution in [2.24, 2.45) is 0 Å². The van der Waals surface area contributed by atoms with Crippen molar-refractivity contribution in [1.82, 2.24) is 10.0 Å². The maximum atomic E-state index is 12.8. The van der Waals surface area contributed by atoms with E-state index >= 15 is 0 Å². The first-order valence-corrected chi connectivity index (χ1v) is 11.3. The molecule has 8 heteroatoms. The number of carbonyl (C=O) groups excluding carboxylic acids is 1. The molecule has 2 aromatic carbocycles. The Morgan fingerprint density at radius 3 is 2.38 bits per heavy atom. The predicted octanol–water partition coefficient (Wildman–Crippen LogP) is 3.50. The molecule has 0 spiro atoms. The Bertz CT molecular complexity index is 984. The highest BCUT2D eigenvalue weighted by atomic mass is 35.5. The normalized spacial score (nSPS) is 15.8. The van der Waals surface area contributed by atoms with Crippen LogP contribution in [-0.4, -0.2) is 35.0 Å². The van der Waals surface area contributed by atoms with Crippen LogP contribution in [-0.2, 0) is 15.4 Å². The third-order valence-corrected chi connectivity index (χ3v) is 7.28. The number of hydrogen-bond acceptors (Lipinski definition) is 4. The largest absolute Gasteiger partial charge is 0.495 e. The van der Waals surface area contributed by atoms with Crippen molar-refractivity contribution in [3.63, 3.8) is 0 Å². The fraction of sp³-hybridized carbons (Fsp3) is 0.381. The smallest absolute Gasteiger partial charge is 0.251 e. The van der Waals surface area contributed by atoms with E-state index in [2.05, 4.69) is 10.0 Å². The molecule has 1 saturated carbocycles. The number of halogens is 1. The molecule has 0 unspecified atom stereocenters. The predicted molar refractivity (Wildman–Crippen MR) is 113 cm³/mol. The molecular formula is C21H25ClN2O4S. The molecule has 2 N–H and O–H groups in total. The Hall–Kier alpha value is -2.09. The standard InChI is InChI=1S/C21H25ClN2O4S/c1-23-29(26,27)19-13-15(5-10-18(19)28-2)20(25)24-14-21(11-3-4-12-21)16-6-8-17(22)9-7-16/h5-10,13,23H,3-4,11-12,14H2,1-2H3,(H,24,25). The molecular weight excluding hydrogens is 412 g/mol. The summed E-state index contributed by atoms with van der Waals surface area (Å²) in [6, 6.07) is 12.2. The third kappa shape index (κ3) is 4.57. The van der Waals surface area contributed by atoms with Gasteiger partial charge in [-0.25, -0.2) is 13.1 Å². The van der Waals surface area contributed by atoms with Crippen LogP contribution in [0.2, 0.25) is 5.02 Å². The Balaban J connectivity index is 1.82. The van der Waals surface area contributed by atoms with Crippen molar-refractivity contribution in [3.05, 3.63) is 58.6 Å². The highest BCUT2D eigenvalue weighted by Crippen LogP contribution is 2.41. The summed E-state index contributed by atoms with van der Waals surface area (Å²) < 4.78 is 31.9. The lowest BCUT2D eigenvalue weighted by Gasteiger charge is -2.30. The van der Waals surface area contributed by atoms with Crippen LogP contribution >= 0.6 is 11.6 Å². The van der Waals surface area contributed by atoms with Crippen LogP contribution in [0.3, 0.4) is 0 Å². The van der Waals surface area contributed by atoms with E-state index in [1.165, 1.54) is 26.3 Å². The number of methoxy groups -OCH3 is 1. The molecule has 0 heterocycles. The van der Waals surface area contributed by atoms with Gasteiger partial charge in [0, 0.05) is 22.5 Å². The van der Waals surface area contributed by atoms with Crippen molar-refractivity contribution in [2.45, 2.75) is 36.0 Å². The zero-order chi connectivity index (χ0) is 21.1. The van der Waals surface area contributed by atoms with Gasteiger partial charge in [-0.3, -0.25) is 4.79 Å². The molecule has 0 atom stereocenters. The maximum Gasteiger partial charge on any atom is 0.251 e. The summed E-state index contributed by atoms with van der Waals surface area (Å²) in [5.41, 5.74) is 1.30. The van der Waals surface area contributed by atoms with Crippen LogP contribution in [0.15, 0.2) is 47.4 Å². The molecule has 29 heavy (non-hydrogen) atoms. The van der Waals surface area contributed by atoms with Gasteiger partial charge in [0.15, 0.2) is 0 Å². The fourth-order valence-corrected chi connectivity index (χ4v) is 4.96. The van der Waals surface area contributed by atoms with E-state index in [-0.39, 0.29) is 27.5 Å². The van der Waals surface area contributed by atoms with E-state index in [0.717, 1.165) is 31.2 Å². The van der Waals surface area contributed by atoms with Gasteiger partial charge in [0.1, 0.15) is 10.6 Å². The highest BCUT2D eigenvalue weighted by Gasteiger charge is 2.36. The monoisotopic (exact) mass is 436 g/mol. The average molecular weight is 437 g/mol. The Morgan fingerprint density at radius 2 is 1.79 bits per heavy atom. The van der Waals surface area contributed by atoms with Gasteiger partial charge in [-0.1, -0.05) is 36.6 Å². The summed E-state index contributed by atoms with van der Waals surface area (Å²) in [6.45, 7) is 0.480. The van der Waals surface area contributed by atoms with Crippen LogP contribution in [0.1, 0.15) is 41.6 Å². The fourth-order valence-electron chi connectivity index (χ4n) is 3.91. The maximum absolute atomic E-state index is 12.8. The van der Waals surface area contributed by atoms with Gasteiger partial charge in [0.2, 0.25) is 10.0 Å². The van der Waals surface area contributed by atoms with Gasteiger partial charge in [-0.15, -0.1) is 0 Å². The van der Waals surface area contributed by atoms with Gasteiger partial charge in [0.25, 0.3) is 5.91 Å². The number of nitrogens with one attached hydrogen (secondary N) is 2. The van der Waals surface area contributed by atoms with E-state index in [1.54, 1.807) is 6.07 Å². The van der Waals surface area contributed by atoms with Gasteiger partial charge in [-0.2, -0.15) is 0 Å². The summed E-state index contributed by atoms with van der Waals surface area (Å²) in [7, 11) is -1.05. The molecule has 1 aliphatic rings. The van der Waals surface area contributed by atoms with Crippen LogP contribution in [0, 0.1) is 0 Å². The summed E-state index contributed by atoms with van der Waals surface area (Å²) >= 11 is 6.03. The number of rotatable bonds is 7. The van der Waals surface area contributed by atoms with Gasteiger partial charge < -0.3 is 10.1 Å². The van der Waals surface area contributed by atoms with Crippen molar-refractivity contribution in [3.8, 4) is 5.75 Å². The zero-order valence-electron chi connectivity index (χ0n) is 16.5. The Labute approximate surface area is 176 Å². The second-order valence-corrected chi connectivity index (χ2v) is 9.54. The quantitative estimate of drug-likeness (QED) is 0.695. The number of amides is 1. The van der Waals surface area contributed by atoms with Crippen LogP contribution in [0.4, 0.5) is 0 Å². The minimum Gasteiger partial charge on any atom is -0.495 e. The first kappa shape index (κ1) is 21.6. The van der Waals surface area contributed by atoms with E-state index in [1.807, 2.05) is 24.3 Å². The molecule has 1 fully saturated rings. The van der Waals surface area contributed by atoms with Gasteiger partial charge in [-0.05, 0) is 55.8 Å². The lowest BCUT2D eigenvalue weighted by Crippen LogP contribution is -2.39. The van der Waals surface area contributed by atoms with E-state index < -0.39 is 10.0 Å². The minimum atomic E-state index is -3.75. The molecule has 0 saturated heterocycles. The molecule has 6 nitrogen and oxygen atoms in total. The molecule has 0 aliphatic heterocycles. The van der Waals surface area contributed by atoms with Gasteiger partial charge in [0.05, 0.1) is 7.11 Å². The average Bonchev–Trinajstić information content (AvgIpc) is 3.22. The van der Waals surface area contributed by atoms with Crippen LogP contribution in [0.5, 0.6) is 5.75 Å². The Morgan fingerprint density at radius 1 is 1.14 bits per heavy atom. The first-order valence-electron chi connectivity index (χ1n) is 9.47. The molecule has 0 radical (unpaired) electrons. The summed E-state index contributed by atoms with van der Waals surface area (Å²) in [6.07, 6.45) is 4.17. The number of carbonyl (C=O) groups is 1. The number of benzene rings is 2. The second kappa shape index (κ2) is 8.73. The zero-order valence-corrected chi connectivity index (χ0v) is 18.1. The second-order valence-electron chi connectivity index (χ2n) is 7.25. The molecule has 0 bridgehead atoms. The van der Waals surface area contributed by atoms with Crippen LogP contribution < -0.4 is 14.8 Å². The van der Waals surface area contributed by atoms with E-state index in [0.29, 0.717) is 11.6 Å². The topological polar surface area (TPSA) is 84.5 Å². The lowest BCUT2D eigenvalue weighted by molar-refractivity contribution is 0.0943. The Kier molecular flexibility index (Phi) is 6.51. The number of sulfonamides is 1. The van der Waals surface area contributed by atoms with Crippen LogP contribution in [0.25, 0.3) is 0 Å². The SMILES string of the molecule is CNS(=O)(=O)c1cc(C(=O)NCC2(c3ccc(Cl)cc3)CCCC2)ccc1OC. The van der Waals surface area contributed by atoms with Crippen molar-refractivity contribution in [2.75, 3.05) is 20.7 Å². The summed E-state index contributed by atoms with van der Waals surface area (Å²) in [5, 5.41) is 3.68. The highest BCUT2D eigenvalue weighted by molar-refractivity contribution is 7.89. The number of hydrogen-bond donors (Lipinski definition) is 2. The van der Waals surface area contributed by atoms with Crippen molar-refractivity contribution in [1.29, 1.82) is 0 Å². The first-order chi connectivity index (χ1) is 13.8. The molecule has 3 rings (SSSR count). The molecule has 1 amide bonds. The van der Waals surface area contributed by atoms with E-state index in [9.17, 15) is 13.2 Å². The molecule has 0 aromatic heterocycles. The van der Waals surface area contributed by atoms with Crippen molar-refractivity contribution < 1.29 is 17.9 Å². The van der Waals surface area contributed by atoms with Crippen molar-refractivity contribution >= 4 is 27.5 Å². The van der Waals surface area contributed by atoms with Gasteiger partial charge >= 0.3 is 0 Å². The molecule has 156 valence electrons. The summed E-state index contributed by atoms with van der Waals surface area (Å²) in [5.74, 6) is -0.134. The number of ether oxygens (including phenoxy) is 1. The summed E-state index contributed by atoms with van der Waals surface area (Å²) in [4.78, 5) is 12.7.